The van der Waals surface area contributed by atoms with Gasteiger partial charge in [-0.2, -0.15) is 0 Å². The summed E-state index contributed by atoms with van der Waals surface area (Å²) >= 11 is 6.25. The molecule has 0 saturated heterocycles. The fourth-order valence-electron chi connectivity index (χ4n) is 4.69. The molecule has 4 nitrogen and oxygen atoms in total. The molecule has 0 aliphatic heterocycles. The first-order valence-electron chi connectivity index (χ1n) is 9.35. The lowest BCUT2D eigenvalue weighted by molar-refractivity contribution is 0.0501. The van der Waals surface area contributed by atoms with E-state index < -0.39 is 0 Å². The van der Waals surface area contributed by atoms with Crippen molar-refractivity contribution in [2.75, 3.05) is 0 Å². The average Bonchev–Trinajstić information content (AvgIpc) is 3.11. The van der Waals surface area contributed by atoms with Crippen molar-refractivity contribution >= 4 is 17.2 Å². The summed E-state index contributed by atoms with van der Waals surface area (Å²) in [7, 11) is 0. The van der Waals surface area contributed by atoms with Gasteiger partial charge in [-0.3, -0.25) is 4.40 Å². The maximum absolute atomic E-state index is 6.25. The summed E-state index contributed by atoms with van der Waals surface area (Å²) in [6.07, 6.45) is 9.55. The average molecular weight is 368 g/mol. The lowest BCUT2D eigenvalue weighted by Gasteiger charge is -2.51. The molecule has 26 heavy (non-hydrogen) atoms. The van der Waals surface area contributed by atoms with Gasteiger partial charge in [-0.15, -0.1) is 10.2 Å². The Morgan fingerprint density at radius 3 is 2.35 bits per heavy atom. The third-order valence-corrected chi connectivity index (χ3v) is 6.86. The molecule has 6 rings (SSSR count). The maximum Gasteiger partial charge on any atom is 0.203 e. The molecule has 3 saturated carbocycles. The predicted octanol–water partition coefficient (Wildman–Crippen LogP) is 5.79. The third-order valence-electron chi connectivity index (χ3n) is 6.55. The SMILES string of the molecule is CC12CCC(c3nnc4c(Oc5ccccc5Cl)cccn34)(CC1)CC2. The largest absolute Gasteiger partial charge is 0.452 e. The molecule has 3 aromatic rings. The topological polar surface area (TPSA) is 39.4 Å². The molecule has 3 aliphatic rings. The second kappa shape index (κ2) is 5.71. The zero-order valence-electron chi connectivity index (χ0n) is 14.9. The van der Waals surface area contributed by atoms with Crippen molar-refractivity contribution in [1.29, 1.82) is 0 Å². The molecule has 0 N–H and O–H groups in total. The third kappa shape index (κ3) is 2.43. The highest BCUT2D eigenvalue weighted by Crippen LogP contribution is 2.57. The first-order chi connectivity index (χ1) is 12.6. The number of halogens is 1. The molecule has 3 fully saturated rings. The van der Waals surface area contributed by atoms with Gasteiger partial charge in [-0.25, -0.2) is 0 Å². The zero-order chi connectivity index (χ0) is 17.8. The first-order valence-corrected chi connectivity index (χ1v) is 9.73. The van der Waals surface area contributed by atoms with Crippen LogP contribution in [0.3, 0.4) is 0 Å². The molecule has 3 aliphatic carbocycles. The van der Waals surface area contributed by atoms with E-state index in [1.165, 1.54) is 38.5 Å². The van der Waals surface area contributed by atoms with E-state index >= 15 is 0 Å². The Hall–Kier alpha value is -2.07. The summed E-state index contributed by atoms with van der Waals surface area (Å²) in [5.41, 5.74) is 1.47. The molecule has 5 heteroatoms. The Labute approximate surface area is 158 Å². The first kappa shape index (κ1) is 16.1. The van der Waals surface area contributed by atoms with E-state index in [0.717, 1.165) is 11.5 Å². The summed E-state index contributed by atoms with van der Waals surface area (Å²) in [5.74, 6) is 2.42. The smallest absolute Gasteiger partial charge is 0.203 e. The molecule has 0 spiro atoms. The monoisotopic (exact) mass is 367 g/mol. The van der Waals surface area contributed by atoms with Crippen LogP contribution in [0, 0.1) is 5.41 Å². The number of pyridine rings is 1. The minimum absolute atomic E-state index is 0.167. The van der Waals surface area contributed by atoms with Gasteiger partial charge in [0.15, 0.2) is 5.75 Å². The van der Waals surface area contributed by atoms with Crippen LogP contribution in [0.2, 0.25) is 5.02 Å². The van der Waals surface area contributed by atoms with Crippen LogP contribution in [0.1, 0.15) is 51.3 Å². The number of ether oxygens (including phenoxy) is 1. The number of hydrogen-bond donors (Lipinski definition) is 0. The van der Waals surface area contributed by atoms with Crippen LogP contribution in [0.4, 0.5) is 0 Å². The maximum atomic E-state index is 6.25. The summed E-state index contributed by atoms with van der Waals surface area (Å²) < 4.78 is 8.19. The molecule has 0 unspecified atom stereocenters. The van der Waals surface area contributed by atoms with Gasteiger partial charge in [0.05, 0.1) is 5.02 Å². The fraction of sp³-hybridized carbons (Fsp3) is 0.429. The number of nitrogens with zero attached hydrogens (tertiary/aromatic N) is 3. The van der Waals surface area contributed by atoms with Gasteiger partial charge in [-0.05, 0) is 68.2 Å². The molecule has 0 atom stereocenters. The number of hydrogen-bond acceptors (Lipinski definition) is 3. The Morgan fingerprint density at radius 1 is 0.923 bits per heavy atom. The molecule has 2 bridgehead atoms. The van der Waals surface area contributed by atoms with Gasteiger partial charge >= 0.3 is 0 Å². The van der Waals surface area contributed by atoms with Crippen molar-refractivity contribution < 1.29 is 4.74 Å². The highest BCUT2D eigenvalue weighted by atomic mass is 35.5. The predicted molar refractivity (Wildman–Crippen MR) is 102 cm³/mol. The van der Waals surface area contributed by atoms with Gasteiger partial charge in [0, 0.05) is 11.6 Å². The van der Waals surface area contributed by atoms with Crippen LogP contribution in [-0.2, 0) is 5.41 Å². The highest BCUT2D eigenvalue weighted by molar-refractivity contribution is 6.32. The minimum Gasteiger partial charge on any atom is -0.452 e. The van der Waals surface area contributed by atoms with E-state index in [1.807, 2.05) is 36.4 Å². The molecular formula is C21H22ClN3O. The number of benzene rings is 1. The van der Waals surface area contributed by atoms with Crippen LogP contribution in [0.25, 0.3) is 5.65 Å². The van der Waals surface area contributed by atoms with Crippen molar-refractivity contribution in [3.63, 3.8) is 0 Å². The fourth-order valence-corrected chi connectivity index (χ4v) is 4.86. The van der Waals surface area contributed by atoms with Crippen LogP contribution in [0.5, 0.6) is 11.5 Å². The highest BCUT2D eigenvalue weighted by Gasteiger charge is 2.49. The lowest BCUT2D eigenvalue weighted by Crippen LogP contribution is -2.43. The van der Waals surface area contributed by atoms with E-state index in [2.05, 4.69) is 27.7 Å². The van der Waals surface area contributed by atoms with Crippen LogP contribution in [0.15, 0.2) is 42.6 Å². The van der Waals surface area contributed by atoms with Crippen LogP contribution < -0.4 is 4.74 Å². The normalized spacial score (nSPS) is 27.8. The van der Waals surface area contributed by atoms with Crippen molar-refractivity contribution in [2.45, 2.75) is 50.9 Å². The Bertz CT molecular complexity index is 956. The molecule has 1 aromatic carbocycles. The number of aromatic nitrogens is 3. The van der Waals surface area contributed by atoms with Gasteiger partial charge in [-0.1, -0.05) is 30.7 Å². The van der Waals surface area contributed by atoms with Crippen LogP contribution >= 0.6 is 11.6 Å². The summed E-state index contributed by atoms with van der Waals surface area (Å²) in [4.78, 5) is 0. The summed E-state index contributed by atoms with van der Waals surface area (Å²) in [6.45, 7) is 2.44. The molecule has 2 heterocycles. The van der Waals surface area contributed by atoms with E-state index in [4.69, 9.17) is 16.3 Å². The Balaban J connectivity index is 1.55. The minimum atomic E-state index is 0.167. The number of fused-ring (bicyclic) bond motifs is 4. The van der Waals surface area contributed by atoms with Gasteiger partial charge < -0.3 is 4.74 Å². The lowest BCUT2D eigenvalue weighted by atomic mass is 9.54. The second-order valence-corrected chi connectivity index (χ2v) is 8.62. The molecule has 0 radical (unpaired) electrons. The summed E-state index contributed by atoms with van der Waals surface area (Å²) in [5, 5.41) is 9.72. The van der Waals surface area contributed by atoms with Crippen molar-refractivity contribution in [3.8, 4) is 11.5 Å². The molecule has 0 amide bonds. The Morgan fingerprint density at radius 2 is 1.62 bits per heavy atom. The summed E-state index contributed by atoms with van der Waals surface area (Å²) in [6, 6.07) is 11.4. The van der Waals surface area contributed by atoms with Gasteiger partial charge in [0.1, 0.15) is 11.6 Å². The zero-order valence-corrected chi connectivity index (χ0v) is 15.7. The molecular weight excluding hydrogens is 346 g/mol. The van der Waals surface area contributed by atoms with Crippen LogP contribution in [-0.4, -0.2) is 14.6 Å². The van der Waals surface area contributed by atoms with E-state index in [9.17, 15) is 0 Å². The number of para-hydroxylation sites is 1. The second-order valence-electron chi connectivity index (χ2n) is 8.21. The standard InChI is InChI=1S/C21H22ClN3O/c1-20-8-11-21(12-9-20,13-10-20)19-24-23-18-17(7-4-14-25(18)19)26-16-6-3-2-5-15(16)22/h2-7,14H,8-13H2,1H3. The molecule has 134 valence electrons. The van der Waals surface area contributed by atoms with Crippen molar-refractivity contribution in [1.82, 2.24) is 14.6 Å². The quantitative estimate of drug-likeness (QED) is 0.588. The van der Waals surface area contributed by atoms with E-state index in [1.54, 1.807) is 0 Å². The Kier molecular flexibility index (Phi) is 3.54. The van der Waals surface area contributed by atoms with Crippen molar-refractivity contribution in [3.05, 3.63) is 53.4 Å². The molecule has 2 aromatic heterocycles. The van der Waals surface area contributed by atoms with Crippen molar-refractivity contribution in [2.24, 2.45) is 5.41 Å². The van der Waals surface area contributed by atoms with E-state index in [-0.39, 0.29) is 5.41 Å². The van der Waals surface area contributed by atoms with E-state index in [0.29, 0.717) is 21.9 Å². The van der Waals surface area contributed by atoms with Gasteiger partial charge in [0.2, 0.25) is 5.65 Å². The van der Waals surface area contributed by atoms with Gasteiger partial charge in [0.25, 0.3) is 0 Å². The number of rotatable bonds is 3.